The molecule has 0 aliphatic carbocycles. The predicted molar refractivity (Wildman–Crippen MR) is 163 cm³/mol. The van der Waals surface area contributed by atoms with E-state index in [1.807, 2.05) is 24.3 Å². The highest BCUT2D eigenvalue weighted by molar-refractivity contribution is 14.1. The average Bonchev–Trinajstić information content (AvgIpc) is 2.97. The lowest BCUT2D eigenvalue weighted by molar-refractivity contribution is -0.137. The van der Waals surface area contributed by atoms with E-state index in [2.05, 4.69) is 108 Å². The maximum Gasteiger partial charge on any atom is 0.416 e. The summed E-state index contributed by atoms with van der Waals surface area (Å²) in [7, 11) is 0. The second-order valence-electron chi connectivity index (χ2n) is 9.51. The molecule has 0 aromatic heterocycles. The summed E-state index contributed by atoms with van der Waals surface area (Å²) in [5, 5.41) is 2.32. The van der Waals surface area contributed by atoms with Crippen LogP contribution in [0, 0.1) is 3.57 Å². The molecule has 6 aromatic carbocycles. The molecule has 0 radical (unpaired) electrons. The van der Waals surface area contributed by atoms with Crippen molar-refractivity contribution >= 4 is 33.4 Å². The van der Waals surface area contributed by atoms with E-state index < -0.39 is 11.7 Å². The van der Waals surface area contributed by atoms with Gasteiger partial charge in [-0.2, -0.15) is 13.2 Å². The highest BCUT2D eigenvalue weighted by Crippen LogP contribution is 2.33. The predicted octanol–water partition coefficient (Wildman–Crippen LogP) is 11.1. The van der Waals surface area contributed by atoms with Crippen LogP contribution in [0.3, 0.4) is 0 Å². The molecule has 6 aromatic rings. The Balaban J connectivity index is 1.22. The molecule has 0 spiro atoms. The lowest BCUT2D eigenvalue weighted by Gasteiger charge is -2.10. The fourth-order valence-corrected chi connectivity index (χ4v) is 5.17. The van der Waals surface area contributed by atoms with E-state index in [1.165, 1.54) is 43.3 Å². The first kappa shape index (κ1) is 25.4. The minimum Gasteiger partial charge on any atom is -0.166 e. The quantitative estimate of drug-likeness (QED) is 0.171. The Morgan fingerprint density at radius 1 is 0.359 bits per heavy atom. The second kappa shape index (κ2) is 10.3. The van der Waals surface area contributed by atoms with E-state index in [4.69, 9.17) is 0 Å². The molecule has 0 nitrogen and oxygen atoms in total. The molecule has 0 saturated carbocycles. The molecule has 6 rings (SSSR count). The molecule has 0 aliphatic rings. The molecular weight excluding hydrogens is 604 g/mol. The third kappa shape index (κ3) is 5.48. The van der Waals surface area contributed by atoms with E-state index in [-0.39, 0.29) is 0 Å². The molecular formula is C35H22F3I. The van der Waals surface area contributed by atoms with E-state index in [0.717, 1.165) is 39.8 Å². The molecule has 39 heavy (non-hydrogen) atoms. The number of alkyl halides is 3. The van der Waals surface area contributed by atoms with Crippen LogP contribution in [0.5, 0.6) is 0 Å². The maximum absolute atomic E-state index is 12.9. The molecule has 0 aliphatic heterocycles. The van der Waals surface area contributed by atoms with Gasteiger partial charge in [0.05, 0.1) is 5.56 Å². The van der Waals surface area contributed by atoms with Gasteiger partial charge in [0.1, 0.15) is 0 Å². The number of fused-ring (bicyclic) bond motifs is 1. The van der Waals surface area contributed by atoms with Gasteiger partial charge in [-0.3, -0.25) is 0 Å². The topological polar surface area (TPSA) is 0 Å². The summed E-state index contributed by atoms with van der Waals surface area (Å²) in [6, 6.07) is 43.3. The molecule has 0 bridgehead atoms. The third-order valence-corrected chi connectivity index (χ3v) is 7.72. The first-order chi connectivity index (χ1) is 18.8. The fraction of sp³-hybridized carbons (Fsp3) is 0.0286. The van der Waals surface area contributed by atoms with Gasteiger partial charge in [-0.25, -0.2) is 0 Å². The molecule has 0 amide bonds. The van der Waals surface area contributed by atoms with Crippen LogP contribution in [0.2, 0.25) is 0 Å². The van der Waals surface area contributed by atoms with E-state index in [9.17, 15) is 13.2 Å². The molecule has 0 fully saturated rings. The lowest BCUT2D eigenvalue weighted by atomic mass is 9.95. The number of rotatable bonds is 4. The van der Waals surface area contributed by atoms with Crippen LogP contribution in [0.1, 0.15) is 5.56 Å². The number of hydrogen-bond donors (Lipinski definition) is 0. The van der Waals surface area contributed by atoms with E-state index >= 15 is 0 Å². The Morgan fingerprint density at radius 3 is 1.00 bits per heavy atom. The summed E-state index contributed by atoms with van der Waals surface area (Å²) in [5.74, 6) is 0. The van der Waals surface area contributed by atoms with Crippen molar-refractivity contribution in [1.29, 1.82) is 0 Å². The van der Waals surface area contributed by atoms with Crippen LogP contribution in [-0.4, -0.2) is 0 Å². The minimum atomic E-state index is -4.33. The normalized spacial score (nSPS) is 11.6. The number of benzene rings is 6. The van der Waals surface area contributed by atoms with Crippen LogP contribution in [0.15, 0.2) is 133 Å². The fourth-order valence-electron chi connectivity index (χ4n) is 4.81. The lowest BCUT2D eigenvalue weighted by Crippen LogP contribution is -2.03. The summed E-state index contributed by atoms with van der Waals surface area (Å²) in [5.41, 5.74) is 7.91. The Kier molecular flexibility index (Phi) is 6.73. The van der Waals surface area contributed by atoms with Crippen molar-refractivity contribution in [2.24, 2.45) is 0 Å². The molecule has 0 heterocycles. The molecule has 0 N–H and O–H groups in total. The second-order valence-corrected chi connectivity index (χ2v) is 10.8. The van der Waals surface area contributed by atoms with Gasteiger partial charge in [0, 0.05) is 3.57 Å². The average molecular weight is 626 g/mol. The summed E-state index contributed by atoms with van der Waals surface area (Å²) in [4.78, 5) is 0. The van der Waals surface area contributed by atoms with Crippen molar-refractivity contribution in [3.05, 3.63) is 143 Å². The summed E-state index contributed by atoms with van der Waals surface area (Å²) in [6.07, 6.45) is -4.33. The molecule has 0 saturated heterocycles. The Morgan fingerprint density at radius 2 is 0.641 bits per heavy atom. The zero-order chi connectivity index (χ0) is 27.0. The standard InChI is InChI=1S/C35H22F3I/c36-35(37,38)33-17-13-25(14-18-33)23-1-5-27(6-2-23)29-9-11-32-22-30(10-12-31(32)21-29)28-7-3-24(4-8-28)26-15-19-34(39)20-16-26/h1-22H. The summed E-state index contributed by atoms with van der Waals surface area (Å²) in [6.45, 7) is 0. The zero-order valence-electron chi connectivity index (χ0n) is 20.7. The van der Waals surface area contributed by atoms with Gasteiger partial charge in [-0.05, 0) is 114 Å². The van der Waals surface area contributed by atoms with Gasteiger partial charge < -0.3 is 0 Å². The van der Waals surface area contributed by atoms with Gasteiger partial charge in [-0.15, -0.1) is 0 Å². The Labute approximate surface area is 238 Å². The maximum atomic E-state index is 12.9. The van der Waals surface area contributed by atoms with Crippen molar-refractivity contribution in [2.45, 2.75) is 6.18 Å². The highest BCUT2D eigenvalue weighted by atomic mass is 127. The third-order valence-electron chi connectivity index (χ3n) is 7.00. The van der Waals surface area contributed by atoms with Gasteiger partial charge in [0.25, 0.3) is 0 Å². The van der Waals surface area contributed by atoms with Crippen LogP contribution in [0.25, 0.3) is 55.3 Å². The molecule has 4 heteroatoms. The van der Waals surface area contributed by atoms with Crippen LogP contribution < -0.4 is 0 Å². The van der Waals surface area contributed by atoms with Crippen LogP contribution in [-0.2, 0) is 6.18 Å². The number of hydrogen-bond acceptors (Lipinski definition) is 0. The first-order valence-corrected chi connectivity index (χ1v) is 13.6. The van der Waals surface area contributed by atoms with E-state index in [1.54, 1.807) is 0 Å². The largest absolute Gasteiger partial charge is 0.416 e. The Hall–Kier alpha value is -3.90. The van der Waals surface area contributed by atoms with Crippen LogP contribution in [0.4, 0.5) is 13.2 Å². The van der Waals surface area contributed by atoms with Crippen molar-refractivity contribution in [2.75, 3.05) is 0 Å². The smallest absolute Gasteiger partial charge is 0.166 e. The van der Waals surface area contributed by atoms with Crippen molar-refractivity contribution in [1.82, 2.24) is 0 Å². The van der Waals surface area contributed by atoms with Crippen LogP contribution >= 0.6 is 22.6 Å². The van der Waals surface area contributed by atoms with Crippen molar-refractivity contribution < 1.29 is 13.2 Å². The molecule has 190 valence electrons. The van der Waals surface area contributed by atoms with Crippen molar-refractivity contribution in [3.8, 4) is 44.5 Å². The summed E-state index contributed by atoms with van der Waals surface area (Å²) < 4.78 is 39.8. The van der Waals surface area contributed by atoms with Gasteiger partial charge in [0.15, 0.2) is 0 Å². The minimum absolute atomic E-state index is 0.638. The highest BCUT2D eigenvalue weighted by Gasteiger charge is 2.29. The van der Waals surface area contributed by atoms with Gasteiger partial charge in [-0.1, -0.05) is 97.1 Å². The van der Waals surface area contributed by atoms with Gasteiger partial charge >= 0.3 is 6.18 Å². The van der Waals surface area contributed by atoms with Gasteiger partial charge in [0.2, 0.25) is 0 Å². The summed E-state index contributed by atoms with van der Waals surface area (Å²) >= 11 is 2.32. The molecule has 0 unspecified atom stereocenters. The van der Waals surface area contributed by atoms with E-state index in [0.29, 0.717) is 0 Å². The monoisotopic (exact) mass is 626 g/mol. The first-order valence-electron chi connectivity index (χ1n) is 12.5. The SMILES string of the molecule is FC(F)(F)c1ccc(-c2ccc(-c3ccc4cc(-c5ccc(-c6ccc(I)cc6)cc5)ccc4c3)cc2)cc1. The molecule has 0 atom stereocenters. The zero-order valence-corrected chi connectivity index (χ0v) is 22.9. The Bertz CT molecular complexity index is 1750. The number of halogens is 4. The van der Waals surface area contributed by atoms with Crippen molar-refractivity contribution in [3.63, 3.8) is 0 Å².